The first kappa shape index (κ1) is 11.2. The number of hydrogen-bond acceptors (Lipinski definition) is 3. The number of aromatic nitrogens is 1. The zero-order valence-corrected chi connectivity index (χ0v) is 9.77. The zero-order chi connectivity index (χ0) is 12.3. The van der Waals surface area contributed by atoms with Crippen LogP contribution in [-0.2, 0) is 0 Å². The van der Waals surface area contributed by atoms with Crippen LogP contribution in [0.3, 0.4) is 0 Å². The van der Waals surface area contributed by atoms with E-state index in [1.807, 2.05) is 19.1 Å². The monoisotopic (exact) mass is 224 g/mol. The van der Waals surface area contributed by atoms with Crippen LogP contribution in [-0.4, -0.2) is 12.1 Å². The van der Waals surface area contributed by atoms with Gasteiger partial charge in [0.1, 0.15) is 5.75 Å². The number of nitriles is 1. The second-order valence-corrected chi connectivity index (χ2v) is 3.78. The second kappa shape index (κ2) is 4.67. The second-order valence-electron chi connectivity index (χ2n) is 3.78. The summed E-state index contributed by atoms with van der Waals surface area (Å²) in [5.74, 6) is 0.691. The quantitative estimate of drug-likeness (QED) is 0.787. The lowest BCUT2D eigenvalue weighted by Crippen LogP contribution is -1.90. The SMILES string of the molecule is COc1cc(C#N)ccc1-c1cncc(C)c1. The summed E-state index contributed by atoms with van der Waals surface area (Å²) in [7, 11) is 1.60. The van der Waals surface area contributed by atoms with Crippen molar-refractivity contribution in [3.8, 4) is 22.9 Å². The Balaban J connectivity index is 2.56. The predicted octanol–water partition coefficient (Wildman–Crippen LogP) is 2.94. The van der Waals surface area contributed by atoms with E-state index in [9.17, 15) is 0 Å². The van der Waals surface area contributed by atoms with Gasteiger partial charge in [-0.3, -0.25) is 4.98 Å². The van der Waals surface area contributed by atoms with Crippen molar-refractivity contribution in [3.05, 3.63) is 47.8 Å². The molecule has 2 aromatic rings. The Bertz CT molecular complexity index is 585. The smallest absolute Gasteiger partial charge is 0.128 e. The maximum Gasteiger partial charge on any atom is 0.128 e. The molecule has 0 unspecified atom stereocenters. The Kier molecular flexibility index (Phi) is 3.06. The molecule has 0 radical (unpaired) electrons. The summed E-state index contributed by atoms with van der Waals surface area (Å²) in [5, 5.41) is 8.85. The molecule has 17 heavy (non-hydrogen) atoms. The summed E-state index contributed by atoms with van der Waals surface area (Å²) < 4.78 is 5.30. The van der Waals surface area contributed by atoms with Gasteiger partial charge in [0.05, 0.1) is 18.7 Å². The van der Waals surface area contributed by atoms with Crippen LogP contribution in [0, 0.1) is 18.3 Å². The minimum absolute atomic E-state index is 0.589. The van der Waals surface area contributed by atoms with Crippen LogP contribution in [0.1, 0.15) is 11.1 Å². The maximum absolute atomic E-state index is 8.85. The Labute approximate surface area is 100 Å². The van der Waals surface area contributed by atoms with Gasteiger partial charge >= 0.3 is 0 Å². The fourth-order valence-electron chi connectivity index (χ4n) is 1.70. The van der Waals surface area contributed by atoms with E-state index >= 15 is 0 Å². The highest BCUT2D eigenvalue weighted by molar-refractivity contribution is 5.71. The predicted molar refractivity (Wildman–Crippen MR) is 65.7 cm³/mol. The molecule has 3 heteroatoms. The van der Waals surface area contributed by atoms with E-state index in [0.29, 0.717) is 11.3 Å². The van der Waals surface area contributed by atoms with Crippen molar-refractivity contribution in [2.24, 2.45) is 0 Å². The third kappa shape index (κ3) is 2.26. The highest BCUT2D eigenvalue weighted by Crippen LogP contribution is 2.30. The molecule has 0 aliphatic heterocycles. The Morgan fingerprint density at radius 3 is 2.71 bits per heavy atom. The maximum atomic E-state index is 8.85. The van der Waals surface area contributed by atoms with Crippen molar-refractivity contribution in [1.29, 1.82) is 5.26 Å². The van der Waals surface area contributed by atoms with Crippen LogP contribution in [0.5, 0.6) is 5.75 Å². The Hall–Kier alpha value is -2.34. The summed E-state index contributed by atoms with van der Waals surface area (Å²) in [6.07, 6.45) is 3.59. The zero-order valence-electron chi connectivity index (χ0n) is 9.77. The lowest BCUT2D eigenvalue weighted by atomic mass is 10.0. The number of nitrogens with zero attached hydrogens (tertiary/aromatic N) is 2. The van der Waals surface area contributed by atoms with E-state index in [1.165, 1.54) is 0 Å². The molecule has 1 aromatic carbocycles. The van der Waals surface area contributed by atoms with Gasteiger partial charge in [0, 0.05) is 23.5 Å². The molecule has 0 aliphatic rings. The number of rotatable bonds is 2. The number of benzene rings is 1. The lowest BCUT2D eigenvalue weighted by molar-refractivity contribution is 0.416. The number of aryl methyl sites for hydroxylation is 1. The van der Waals surface area contributed by atoms with Gasteiger partial charge in [0.2, 0.25) is 0 Å². The van der Waals surface area contributed by atoms with E-state index in [1.54, 1.807) is 31.6 Å². The molecule has 0 amide bonds. The van der Waals surface area contributed by atoms with Gasteiger partial charge in [-0.05, 0) is 36.8 Å². The van der Waals surface area contributed by atoms with Gasteiger partial charge in [0.25, 0.3) is 0 Å². The molecule has 2 rings (SSSR count). The van der Waals surface area contributed by atoms with Crippen LogP contribution >= 0.6 is 0 Å². The molecule has 84 valence electrons. The van der Waals surface area contributed by atoms with Crippen molar-refractivity contribution >= 4 is 0 Å². The van der Waals surface area contributed by atoms with Gasteiger partial charge in [-0.25, -0.2) is 0 Å². The summed E-state index contributed by atoms with van der Waals surface area (Å²) in [6.45, 7) is 1.99. The minimum Gasteiger partial charge on any atom is -0.496 e. The first-order valence-electron chi connectivity index (χ1n) is 5.25. The third-order valence-corrected chi connectivity index (χ3v) is 2.52. The summed E-state index contributed by atoms with van der Waals surface area (Å²) in [6, 6.07) is 9.53. The van der Waals surface area contributed by atoms with Gasteiger partial charge < -0.3 is 4.74 Å². The molecule has 0 saturated carbocycles. The van der Waals surface area contributed by atoms with Gasteiger partial charge in [-0.1, -0.05) is 0 Å². The standard InChI is InChI=1S/C14H12N2O/c1-10-5-12(9-16-8-10)13-4-3-11(7-15)6-14(13)17-2/h3-6,8-9H,1-2H3. The molecule has 0 bridgehead atoms. The molecule has 0 N–H and O–H groups in total. The molecule has 3 nitrogen and oxygen atoms in total. The molecule has 0 spiro atoms. The van der Waals surface area contributed by atoms with Gasteiger partial charge in [-0.2, -0.15) is 5.26 Å². The van der Waals surface area contributed by atoms with Crippen molar-refractivity contribution in [3.63, 3.8) is 0 Å². The van der Waals surface area contributed by atoms with Crippen LogP contribution < -0.4 is 4.74 Å². The van der Waals surface area contributed by atoms with E-state index < -0.39 is 0 Å². The topological polar surface area (TPSA) is 45.9 Å². The summed E-state index contributed by atoms with van der Waals surface area (Å²) >= 11 is 0. The highest BCUT2D eigenvalue weighted by Gasteiger charge is 2.07. The highest BCUT2D eigenvalue weighted by atomic mass is 16.5. The fourth-order valence-corrected chi connectivity index (χ4v) is 1.70. The lowest BCUT2D eigenvalue weighted by Gasteiger charge is -2.09. The summed E-state index contributed by atoms with van der Waals surface area (Å²) in [4.78, 5) is 4.16. The molecule has 0 saturated heterocycles. The normalized spacial score (nSPS) is 9.71. The first-order chi connectivity index (χ1) is 8.24. The average Bonchev–Trinajstić information content (AvgIpc) is 2.38. The van der Waals surface area contributed by atoms with E-state index in [4.69, 9.17) is 10.00 Å². The van der Waals surface area contributed by atoms with Crippen molar-refractivity contribution in [2.75, 3.05) is 7.11 Å². The molecule has 0 aliphatic carbocycles. The number of methoxy groups -OCH3 is 1. The molecular weight excluding hydrogens is 212 g/mol. The molecule has 0 fully saturated rings. The van der Waals surface area contributed by atoms with Gasteiger partial charge in [-0.15, -0.1) is 0 Å². The molecular formula is C14H12N2O. The number of ether oxygens (including phenoxy) is 1. The van der Waals surface area contributed by atoms with Crippen LogP contribution in [0.15, 0.2) is 36.7 Å². The summed E-state index contributed by atoms with van der Waals surface area (Å²) in [5.41, 5.74) is 3.62. The van der Waals surface area contributed by atoms with Gasteiger partial charge in [0.15, 0.2) is 0 Å². The molecule has 1 heterocycles. The van der Waals surface area contributed by atoms with Crippen molar-refractivity contribution in [2.45, 2.75) is 6.92 Å². The van der Waals surface area contributed by atoms with Crippen molar-refractivity contribution < 1.29 is 4.74 Å². The molecule has 1 aromatic heterocycles. The minimum atomic E-state index is 0.589. The number of hydrogen-bond donors (Lipinski definition) is 0. The van der Waals surface area contributed by atoms with Crippen LogP contribution in [0.4, 0.5) is 0 Å². The average molecular weight is 224 g/mol. The van der Waals surface area contributed by atoms with Crippen molar-refractivity contribution in [1.82, 2.24) is 4.98 Å². The largest absolute Gasteiger partial charge is 0.496 e. The Morgan fingerprint density at radius 2 is 2.06 bits per heavy atom. The van der Waals surface area contributed by atoms with E-state index in [0.717, 1.165) is 16.7 Å². The first-order valence-corrected chi connectivity index (χ1v) is 5.25. The molecule has 0 atom stereocenters. The van der Waals surface area contributed by atoms with Crippen LogP contribution in [0.2, 0.25) is 0 Å². The van der Waals surface area contributed by atoms with E-state index in [-0.39, 0.29) is 0 Å². The Morgan fingerprint density at radius 1 is 1.24 bits per heavy atom. The fraction of sp³-hybridized carbons (Fsp3) is 0.143. The third-order valence-electron chi connectivity index (χ3n) is 2.52. The van der Waals surface area contributed by atoms with Crippen LogP contribution in [0.25, 0.3) is 11.1 Å². The number of pyridine rings is 1. The van der Waals surface area contributed by atoms with E-state index in [2.05, 4.69) is 11.1 Å².